The van der Waals surface area contributed by atoms with Crippen molar-refractivity contribution in [2.45, 2.75) is 18.9 Å². The average molecular weight is 184 g/mol. The number of urea groups is 1. The highest BCUT2D eigenvalue weighted by molar-refractivity contribution is 5.74. The van der Waals surface area contributed by atoms with Crippen molar-refractivity contribution in [2.75, 3.05) is 33.4 Å². The zero-order chi connectivity index (χ0) is 9.26. The number of rotatable bonds is 1. The second-order valence-electron chi connectivity index (χ2n) is 3.72. The molecule has 1 aliphatic heterocycles. The van der Waals surface area contributed by atoms with E-state index in [-0.39, 0.29) is 6.03 Å². The number of hydrogen-bond acceptors (Lipinski definition) is 2. The third-order valence-corrected chi connectivity index (χ3v) is 2.68. The van der Waals surface area contributed by atoms with E-state index in [1.165, 1.54) is 12.8 Å². The van der Waals surface area contributed by atoms with Crippen molar-refractivity contribution in [1.29, 1.82) is 0 Å². The molecule has 0 spiro atoms. The van der Waals surface area contributed by atoms with Gasteiger partial charge < -0.3 is 14.5 Å². The molecule has 4 nitrogen and oxygen atoms in total. The Kier molecular flexibility index (Phi) is 2.40. The lowest BCUT2D eigenvalue weighted by Gasteiger charge is -2.31. The lowest BCUT2D eigenvalue weighted by molar-refractivity contribution is 0.0448. The molecule has 0 bridgehead atoms. The number of amides is 2. The van der Waals surface area contributed by atoms with Gasteiger partial charge >= 0.3 is 6.03 Å². The van der Waals surface area contributed by atoms with Crippen LogP contribution in [0, 0.1) is 0 Å². The first-order chi connectivity index (χ1) is 6.29. The van der Waals surface area contributed by atoms with E-state index in [2.05, 4.69) is 0 Å². The highest BCUT2D eigenvalue weighted by atomic mass is 16.5. The minimum absolute atomic E-state index is 0.172. The fourth-order valence-corrected chi connectivity index (χ4v) is 1.60. The smallest absolute Gasteiger partial charge is 0.320 e. The number of ether oxygens (including phenoxy) is 1. The van der Waals surface area contributed by atoms with E-state index in [1.54, 1.807) is 0 Å². The number of hydrogen-bond donors (Lipinski definition) is 0. The van der Waals surface area contributed by atoms with Crippen molar-refractivity contribution >= 4 is 6.03 Å². The lowest BCUT2D eigenvalue weighted by Crippen LogP contribution is -2.47. The van der Waals surface area contributed by atoms with Crippen LogP contribution in [0.15, 0.2) is 0 Å². The van der Waals surface area contributed by atoms with Crippen LogP contribution in [0.25, 0.3) is 0 Å². The van der Waals surface area contributed by atoms with E-state index in [4.69, 9.17) is 4.74 Å². The molecular formula is C9H16N2O2. The quantitative estimate of drug-likeness (QED) is 0.595. The van der Waals surface area contributed by atoms with Gasteiger partial charge in [-0.3, -0.25) is 0 Å². The molecule has 74 valence electrons. The third kappa shape index (κ3) is 1.94. The van der Waals surface area contributed by atoms with E-state index in [9.17, 15) is 4.79 Å². The second kappa shape index (κ2) is 3.54. The van der Waals surface area contributed by atoms with Crippen molar-refractivity contribution in [2.24, 2.45) is 0 Å². The Labute approximate surface area is 78.4 Å². The number of morpholine rings is 1. The average Bonchev–Trinajstić information content (AvgIpc) is 3.00. The van der Waals surface area contributed by atoms with Crippen LogP contribution in [0.5, 0.6) is 0 Å². The Morgan fingerprint density at radius 2 is 2.00 bits per heavy atom. The molecule has 1 saturated carbocycles. The van der Waals surface area contributed by atoms with Gasteiger partial charge in [0.15, 0.2) is 0 Å². The van der Waals surface area contributed by atoms with Gasteiger partial charge in [-0.1, -0.05) is 0 Å². The molecule has 4 heteroatoms. The number of carbonyl (C=O) groups is 1. The molecule has 1 saturated heterocycles. The predicted molar refractivity (Wildman–Crippen MR) is 48.6 cm³/mol. The Balaban J connectivity index is 1.86. The summed E-state index contributed by atoms with van der Waals surface area (Å²) in [7, 11) is 1.90. The fraction of sp³-hybridized carbons (Fsp3) is 0.889. The fourth-order valence-electron chi connectivity index (χ4n) is 1.60. The molecule has 0 aromatic heterocycles. The van der Waals surface area contributed by atoms with Gasteiger partial charge in [0.1, 0.15) is 0 Å². The van der Waals surface area contributed by atoms with Crippen LogP contribution in [0.3, 0.4) is 0 Å². The molecule has 1 aliphatic carbocycles. The zero-order valence-electron chi connectivity index (χ0n) is 8.03. The summed E-state index contributed by atoms with van der Waals surface area (Å²) in [5, 5.41) is 0. The predicted octanol–water partition coefficient (Wildman–Crippen LogP) is 0.533. The number of carbonyl (C=O) groups excluding carboxylic acids is 1. The number of nitrogens with zero attached hydrogens (tertiary/aromatic N) is 2. The molecule has 0 unspecified atom stereocenters. The van der Waals surface area contributed by atoms with Crippen LogP contribution in [0.4, 0.5) is 4.79 Å². The summed E-state index contributed by atoms with van der Waals surface area (Å²) in [6, 6.07) is 0.682. The molecule has 13 heavy (non-hydrogen) atoms. The Bertz CT molecular complexity index is 198. The van der Waals surface area contributed by atoms with Gasteiger partial charge in [0.2, 0.25) is 0 Å². The first-order valence-electron chi connectivity index (χ1n) is 4.88. The Morgan fingerprint density at radius 1 is 1.38 bits per heavy atom. The van der Waals surface area contributed by atoms with E-state index in [0.29, 0.717) is 19.3 Å². The summed E-state index contributed by atoms with van der Waals surface area (Å²) in [6.45, 7) is 2.86. The summed E-state index contributed by atoms with van der Waals surface area (Å²) in [5.41, 5.74) is 0. The normalized spacial score (nSPS) is 23.0. The van der Waals surface area contributed by atoms with Gasteiger partial charge in [-0.2, -0.15) is 0 Å². The molecule has 2 fully saturated rings. The van der Waals surface area contributed by atoms with E-state index < -0.39 is 0 Å². The van der Waals surface area contributed by atoms with E-state index >= 15 is 0 Å². The largest absolute Gasteiger partial charge is 0.378 e. The van der Waals surface area contributed by atoms with Gasteiger partial charge in [0.05, 0.1) is 13.2 Å². The topological polar surface area (TPSA) is 32.8 Å². The standard InChI is InChI=1S/C9H16N2O2/c1-10(8-2-3-8)9(12)11-4-6-13-7-5-11/h8H,2-7H2,1H3. The molecule has 0 atom stereocenters. The van der Waals surface area contributed by atoms with Gasteiger partial charge in [-0.15, -0.1) is 0 Å². The third-order valence-electron chi connectivity index (χ3n) is 2.68. The Hall–Kier alpha value is -0.770. The van der Waals surface area contributed by atoms with Crippen LogP contribution < -0.4 is 0 Å². The molecule has 2 aliphatic rings. The second-order valence-corrected chi connectivity index (χ2v) is 3.72. The molecular weight excluding hydrogens is 168 g/mol. The Morgan fingerprint density at radius 3 is 2.54 bits per heavy atom. The van der Waals surface area contributed by atoms with Crippen molar-refractivity contribution in [1.82, 2.24) is 9.80 Å². The van der Waals surface area contributed by atoms with Crippen molar-refractivity contribution < 1.29 is 9.53 Å². The van der Waals surface area contributed by atoms with Crippen LogP contribution in [-0.4, -0.2) is 55.2 Å². The molecule has 2 amide bonds. The molecule has 0 aromatic carbocycles. The molecule has 1 heterocycles. The molecule has 0 aromatic rings. The van der Waals surface area contributed by atoms with Crippen LogP contribution >= 0.6 is 0 Å². The highest BCUT2D eigenvalue weighted by Gasteiger charge is 2.32. The highest BCUT2D eigenvalue weighted by Crippen LogP contribution is 2.26. The summed E-state index contributed by atoms with van der Waals surface area (Å²) < 4.78 is 5.19. The maximum atomic E-state index is 11.8. The first kappa shape index (κ1) is 8.81. The van der Waals surface area contributed by atoms with E-state index in [1.807, 2.05) is 16.8 Å². The van der Waals surface area contributed by atoms with Gasteiger partial charge in [-0.25, -0.2) is 4.79 Å². The SMILES string of the molecule is CN(C(=O)N1CCOCC1)C1CC1. The summed E-state index contributed by atoms with van der Waals surface area (Å²) >= 11 is 0. The maximum absolute atomic E-state index is 11.8. The summed E-state index contributed by atoms with van der Waals surface area (Å²) in [6.07, 6.45) is 2.35. The van der Waals surface area contributed by atoms with Gasteiger partial charge in [-0.05, 0) is 12.8 Å². The molecule has 2 rings (SSSR count). The summed E-state index contributed by atoms with van der Waals surface area (Å²) in [5.74, 6) is 0. The van der Waals surface area contributed by atoms with Crippen LogP contribution in [0.2, 0.25) is 0 Å². The monoisotopic (exact) mass is 184 g/mol. The van der Waals surface area contributed by atoms with Crippen LogP contribution in [-0.2, 0) is 4.74 Å². The minimum Gasteiger partial charge on any atom is -0.378 e. The van der Waals surface area contributed by atoms with Crippen molar-refractivity contribution in [3.8, 4) is 0 Å². The van der Waals surface area contributed by atoms with Crippen molar-refractivity contribution in [3.05, 3.63) is 0 Å². The van der Waals surface area contributed by atoms with Gasteiger partial charge in [0, 0.05) is 26.2 Å². The van der Waals surface area contributed by atoms with Crippen molar-refractivity contribution in [3.63, 3.8) is 0 Å². The van der Waals surface area contributed by atoms with E-state index in [0.717, 1.165) is 13.1 Å². The minimum atomic E-state index is 0.172. The zero-order valence-corrected chi connectivity index (χ0v) is 8.03. The van der Waals surface area contributed by atoms with Gasteiger partial charge in [0.25, 0.3) is 0 Å². The first-order valence-corrected chi connectivity index (χ1v) is 4.88. The summed E-state index contributed by atoms with van der Waals surface area (Å²) in [4.78, 5) is 15.5. The maximum Gasteiger partial charge on any atom is 0.320 e. The lowest BCUT2D eigenvalue weighted by atomic mass is 10.4. The van der Waals surface area contributed by atoms with Crippen LogP contribution in [0.1, 0.15) is 12.8 Å². The molecule has 0 N–H and O–H groups in total. The molecule has 0 radical (unpaired) electrons.